The molecule has 0 fully saturated rings. The summed E-state index contributed by atoms with van der Waals surface area (Å²) < 4.78 is 19.7. The van der Waals surface area contributed by atoms with Gasteiger partial charge in [0.05, 0.1) is 10.6 Å². The minimum atomic E-state index is -0.267. The van der Waals surface area contributed by atoms with E-state index in [1.807, 2.05) is 44.2 Å². The van der Waals surface area contributed by atoms with Crippen molar-refractivity contribution in [2.75, 3.05) is 0 Å². The van der Waals surface area contributed by atoms with Gasteiger partial charge >= 0.3 is 0 Å². The highest BCUT2D eigenvalue weighted by atomic mass is 79.9. The van der Waals surface area contributed by atoms with E-state index in [-0.39, 0.29) is 18.0 Å². The average molecular weight is 352 g/mol. The highest BCUT2D eigenvalue weighted by Gasteiger charge is 2.12. The lowest BCUT2D eigenvalue weighted by Gasteiger charge is -2.16. The van der Waals surface area contributed by atoms with Crippen LogP contribution in [-0.4, -0.2) is 6.10 Å². The Bertz CT molecular complexity index is 615. The van der Waals surface area contributed by atoms with Gasteiger partial charge in [-0.3, -0.25) is 0 Å². The Hall–Kier alpha value is -1.39. The SMILES string of the molecule is CC(C)Oc1cccc(C(N)Cc2cccc(F)c2Br)c1. The second-order valence-electron chi connectivity index (χ2n) is 5.26. The first-order valence-electron chi connectivity index (χ1n) is 6.92. The van der Waals surface area contributed by atoms with Crippen molar-refractivity contribution in [2.45, 2.75) is 32.4 Å². The Labute approximate surface area is 133 Å². The molecule has 2 aromatic carbocycles. The smallest absolute Gasteiger partial charge is 0.137 e. The van der Waals surface area contributed by atoms with Gasteiger partial charge < -0.3 is 10.5 Å². The Morgan fingerprint density at radius 3 is 2.62 bits per heavy atom. The fourth-order valence-corrected chi connectivity index (χ4v) is 2.58. The van der Waals surface area contributed by atoms with Crippen LogP contribution in [0.25, 0.3) is 0 Å². The highest BCUT2D eigenvalue weighted by Crippen LogP contribution is 2.26. The van der Waals surface area contributed by atoms with Crippen LogP contribution in [0, 0.1) is 5.82 Å². The predicted octanol–water partition coefficient (Wildman–Crippen LogP) is 4.62. The van der Waals surface area contributed by atoms with E-state index in [0.717, 1.165) is 16.9 Å². The van der Waals surface area contributed by atoms with Crippen LogP contribution in [0.4, 0.5) is 4.39 Å². The van der Waals surface area contributed by atoms with Crippen LogP contribution in [-0.2, 0) is 6.42 Å². The van der Waals surface area contributed by atoms with Gasteiger partial charge in [0.25, 0.3) is 0 Å². The summed E-state index contributed by atoms with van der Waals surface area (Å²) in [6, 6.07) is 12.5. The summed E-state index contributed by atoms with van der Waals surface area (Å²) in [4.78, 5) is 0. The number of ether oxygens (including phenoxy) is 1. The zero-order valence-corrected chi connectivity index (χ0v) is 13.7. The van der Waals surface area contributed by atoms with Gasteiger partial charge in [-0.15, -0.1) is 0 Å². The van der Waals surface area contributed by atoms with Crippen LogP contribution in [0.1, 0.15) is 31.0 Å². The molecule has 2 rings (SSSR count). The van der Waals surface area contributed by atoms with Gasteiger partial charge in [0.15, 0.2) is 0 Å². The third-order valence-corrected chi connectivity index (χ3v) is 4.02. The summed E-state index contributed by atoms with van der Waals surface area (Å²) in [6.07, 6.45) is 0.678. The maximum absolute atomic E-state index is 13.5. The fourth-order valence-electron chi connectivity index (χ4n) is 2.15. The van der Waals surface area contributed by atoms with Crippen molar-refractivity contribution in [3.63, 3.8) is 0 Å². The van der Waals surface area contributed by atoms with Gasteiger partial charge in [0.1, 0.15) is 11.6 Å². The lowest BCUT2D eigenvalue weighted by Crippen LogP contribution is -2.14. The predicted molar refractivity (Wildman–Crippen MR) is 86.9 cm³/mol. The third kappa shape index (κ3) is 4.29. The molecule has 0 aliphatic rings. The Morgan fingerprint density at radius 1 is 1.19 bits per heavy atom. The number of rotatable bonds is 5. The summed E-state index contributed by atoms with van der Waals surface area (Å²) in [7, 11) is 0. The molecule has 0 aliphatic heterocycles. The van der Waals surface area contributed by atoms with Gasteiger partial charge in [-0.2, -0.15) is 0 Å². The quantitative estimate of drug-likeness (QED) is 0.852. The number of halogens is 2. The zero-order chi connectivity index (χ0) is 15.4. The van der Waals surface area contributed by atoms with Gasteiger partial charge in [-0.25, -0.2) is 4.39 Å². The van der Waals surface area contributed by atoms with E-state index >= 15 is 0 Å². The van der Waals surface area contributed by atoms with E-state index in [9.17, 15) is 4.39 Å². The van der Waals surface area contributed by atoms with E-state index < -0.39 is 0 Å². The third-order valence-electron chi connectivity index (χ3n) is 3.13. The van der Waals surface area contributed by atoms with Crippen molar-refractivity contribution < 1.29 is 9.13 Å². The van der Waals surface area contributed by atoms with Crippen LogP contribution in [0.15, 0.2) is 46.9 Å². The minimum Gasteiger partial charge on any atom is -0.491 e. The Morgan fingerprint density at radius 2 is 1.90 bits per heavy atom. The maximum atomic E-state index is 13.5. The van der Waals surface area contributed by atoms with Crippen LogP contribution in [0.2, 0.25) is 0 Å². The maximum Gasteiger partial charge on any atom is 0.137 e. The highest BCUT2D eigenvalue weighted by molar-refractivity contribution is 9.10. The summed E-state index contributed by atoms with van der Waals surface area (Å²) >= 11 is 3.27. The molecule has 1 atom stereocenters. The first-order chi connectivity index (χ1) is 9.97. The van der Waals surface area contributed by atoms with Crippen LogP contribution >= 0.6 is 15.9 Å². The molecule has 2 aromatic rings. The first kappa shape index (κ1) is 16.0. The Kier molecular flexibility index (Phi) is 5.37. The van der Waals surface area contributed by atoms with Gasteiger partial charge in [-0.1, -0.05) is 24.3 Å². The second kappa shape index (κ2) is 7.05. The molecule has 0 saturated heterocycles. The summed E-state index contributed by atoms with van der Waals surface area (Å²) in [5.41, 5.74) is 8.08. The molecule has 0 saturated carbocycles. The summed E-state index contributed by atoms with van der Waals surface area (Å²) in [5.74, 6) is 0.535. The molecule has 112 valence electrons. The molecular formula is C17H19BrFNO. The molecule has 1 unspecified atom stereocenters. The Balaban J connectivity index is 2.16. The molecule has 0 heterocycles. The van der Waals surface area contributed by atoms with Crippen molar-refractivity contribution in [1.29, 1.82) is 0 Å². The fraction of sp³-hybridized carbons (Fsp3) is 0.294. The molecule has 4 heteroatoms. The van der Waals surface area contributed by atoms with Crippen LogP contribution in [0.5, 0.6) is 5.75 Å². The molecule has 0 bridgehead atoms. The standard InChI is InChI=1S/C17H19BrFNO/c1-11(2)21-14-7-3-5-12(9-14)16(20)10-13-6-4-8-15(19)17(13)18/h3-9,11,16H,10,20H2,1-2H3. The number of nitrogens with two attached hydrogens (primary N) is 1. The lowest BCUT2D eigenvalue weighted by atomic mass is 9.99. The monoisotopic (exact) mass is 351 g/mol. The van der Waals surface area contributed by atoms with Crippen molar-refractivity contribution in [2.24, 2.45) is 5.73 Å². The topological polar surface area (TPSA) is 35.2 Å². The molecule has 0 radical (unpaired) electrons. The van der Waals surface area contributed by atoms with Crippen molar-refractivity contribution in [1.82, 2.24) is 0 Å². The molecule has 0 amide bonds. The molecule has 0 spiro atoms. The molecule has 21 heavy (non-hydrogen) atoms. The molecule has 0 aliphatic carbocycles. The summed E-state index contributed by atoms with van der Waals surface area (Å²) in [5, 5.41) is 0. The van der Waals surface area contributed by atoms with E-state index in [0.29, 0.717) is 10.9 Å². The van der Waals surface area contributed by atoms with Crippen molar-refractivity contribution in [3.8, 4) is 5.75 Å². The number of hydrogen-bond acceptors (Lipinski definition) is 2. The molecular weight excluding hydrogens is 333 g/mol. The normalized spacial score (nSPS) is 12.5. The van der Waals surface area contributed by atoms with E-state index in [2.05, 4.69) is 15.9 Å². The molecule has 2 N–H and O–H groups in total. The lowest BCUT2D eigenvalue weighted by molar-refractivity contribution is 0.242. The van der Waals surface area contributed by atoms with E-state index in [1.54, 1.807) is 6.07 Å². The van der Waals surface area contributed by atoms with Gasteiger partial charge in [0.2, 0.25) is 0 Å². The zero-order valence-electron chi connectivity index (χ0n) is 12.1. The minimum absolute atomic E-state index is 0.119. The van der Waals surface area contributed by atoms with Crippen molar-refractivity contribution >= 4 is 15.9 Å². The number of benzene rings is 2. The average Bonchev–Trinajstić information content (AvgIpc) is 2.43. The van der Waals surface area contributed by atoms with Crippen LogP contribution in [0.3, 0.4) is 0 Å². The van der Waals surface area contributed by atoms with Gasteiger partial charge in [0, 0.05) is 6.04 Å². The number of hydrogen-bond donors (Lipinski definition) is 1. The molecule has 2 nitrogen and oxygen atoms in total. The van der Waals surface area contributed by atoms with Gasteiger partial charge in [-0.05, 0) is 65.5 Å². The van der Waals surface area contributed by atoms with E-state index in [1.165, 1.54) is 6.07 Å². The van der Waals surface area contributed by atoms with Crippen LogP contribution < -0.4 is 10.5 Å². The molecule has 0 aromatic heterocycles. The second-order valence-corrected chi connectivity index (χ2v) is 6.06. The van der Waals surface area contributed by atoms with Crippen molar-refractivity contribution in [3.05, 3.63) is 63.9 Å². The summed E-state index contributed by atoms with van der Waals surface area (Å²) in [6.45, 7) is 3.97. The largest absolute Gasteiger partial charge is 0.491 e. The van der Waals surface area contributed by atoms with E-state index in [4.69, 9.17) is 10.5 Å². The first-order valence-corrected chi connectivity index (χ1v) is 7.71.